The normalized spacial score (nSPS) is 16.9. The lowest BCUT2D eigenvalue weighted by atomic mass is 9.69. The second-order valence-electron chi connectivity index (χ2n) is 15.5. The molecule has 5 heterocycles. The van der Waals surface area contributed by atoms with Crippen molar-refractivity contribution in [3.05, 3.63) is 263 Å². The molecule has 69 heavy (non-hydrogen) atoms. The minimum absolute atomic E-state index is 0.0251. The van der Waals surface area contributed by atoms with Crippen molar-refractivity contribution in [1.82, 2.24) is 15.0 Å². The van der Waals surface area contributed by atoms with E-state index >= 15 is 52.7 Å². The summed E-state index contributed by atoms with van der Waals surface area (Å²) in [5, 5.41) is -1.32. The van der Waals surface area contributed by atoms with Crippen LogP contribution in [0.5, 0.6) is 0 Å². The first-order valence-electron chi connectivity index (χ1n) is 20.0. The Morgan fingerprint density at radius 2 is 0.797 bits per heavy atom. The molecule has 0 fully saturated rings. The highest BCUT2D eigenvalue weighted by atomic mass is 19.2. The lowest BCUT2D eigenvalue weighted by Crippen LogP contribution is -2.32. The number of nitrogens with zero attached hydrogens (tertiary/aromatic N) is 1. The minimum atomic E-state index is -2.61. The molecule has 346 valence electrons. The van der Waals surface area contributed by atoms with Crippen LogP contribution < -0.4 is 10.7 Å². The van der Waals surface area contributed by atoms with Gasteiger partial charge in [-0.3, -0.25) is 0 Å². The topological polar surface area (TPSA) is 59.7 Å². The molecule has 0 unspecified atom stereocenters. The molecule has 2 aliphatic heterocycles. The molecule has 0 spiro atoms. The van der Waals surface area contributed by atoms with E-state index < -0.39 is 154 Å². The fraction of sp³-hybridized carbons (Fsp3) is 0.0200. The molecule has 5 aromatic carbocycles. The zero-order valence-electron chi connectivity index (χ0n) is 34.0. The fourth-order valence-corrected chi connectivity index (χ4v) is 8.86. The maximum absolute atomic E-state index is 16.1. The first-order valence-corrected chi connectivity index (χ1v) is 20.0. The van der Waals surface area contributed by atoms with Gasteiger partial charge in [0.15, 0.2) is 69.8 Å². The zero-order valence-corrected chi connectivity index (χ0v) is 34.0. The summed E-state index contributed by atoms with van der Waals surface area (Å²) in [5.74, 6) is -36.6. The van der Waals surface area contributed by atoms with Gasteiger partial charge in [-0.25, -0.2) is 70.8 Å². The maximum Gasteiger partial charge on any atom is 0.200 e. The number of halogens is 15. The van der Waals surface area contributed by atoms with Gasteiger partial charge in [0.25, 0.3) is 0 Å². The van der Waals surface area contributed by atoms with Crippen molar-refractivity contribution in [2.24, 2.45) is 4.99 Å². The maximum atomic E-state index is 16.1. The van der Waals surface area contributed by atoms with Crippen molar-refractivity contribution in [2.45, 2.75) is 5.41 Å². The Morgan fingerprint density at radius 1 is 0.377 bits per heavy atom. The lowest BCUT2D eigenvalue weighted by molar-refractivity contribution is 0.376. The highest BCUT2D eigenvalue weighted by Crippen LogP contribution is 2.47. The number of rotatable bonds is 5. The molecule has 0 aliphatic carbocycles. The Balaban J connectivity index is 1.46. The summed E-state index contributed by atoms with van der Waals surface area (Å²) >= 11 is 0. The van der Waals surface area contributed by atoms with Crippen molar-refractivity contribution >= 4 is 22.4 Å². The average molecular weight is 963 g/mol. The molecule has 0 atom stereocenters. The van der Waals surface area contributed by atoms with Gasteiger partial charge in [-0.05, 0) is 53.6 Å². The summed E-state index contributed by atoms with van der Waals surface area (Å²) in [6.07, 6.45) is 2.78. The van der Waals surface area contributed by atoms with Crippen molar-refractivity contribution in [3.8, 4) is 0 Å². The summed E-state index contributed by atoms with van der Waals surface area (Å²) in [5.41, 5.74) is -10.9. The van der Waals surface area contributed by atoms with Gasteiger partial charge in [0.2, 0.25) is 17.5 Å². The van der Waals surface area contributed by atoms with Crippen molar-refractivity contribution in [1.29, 1.82) is 0 Å². The summed E-state index contributed by atoms with van der Waals surface area (Å²) in [6.45, 7) is 0. The van der Waals surface area contributed by atoms with Crippen LogP contribution in [-0.4, -0.2) is 20.7 Å². The second kappa shape index (κ2) is 16.2. The van der Waals surface area contributed by atoms with Crippen LogP contribution >= 0.6 is 0 Å². The summed E-state index contributed by atoms with van der Waals surface area (Å²) < 4.78 is 231. The molecule has 8 bridgehead atoms. The molecule has 0 amide bonds. The predicted molar refractivity (Wildman–Crippen MR) is 219 cm³/mol. The van der Waals surface area contributed by atoms with Crippen LogP contribution in [0.1, 0.15) is 50.5 Å². The van der Waals surface area contributed by atoms with E-state index in [1.54, 1.807) is 60.7 Å². The highest BCUT2D eigenvalue weighted by Gasteiger charge is 2.43. The number of fused-ring (bicyclic) bond motifs is 7. The zero-order chi connectivity index (χ0) is 49.0. The van der Waals surface area contributed by atoms with Gasteiger partial charge in [0.1, 0.15) is 5.41 Å². The van der Waals surface area contributed by atoms with E-state index in [2.05, 4.69) is 19.9 Å². The molecule has 19 heteroatoms. The molecule has 3 aromatic heterocycles. The van der Waals surface area contributed by atoms with E-state index in [0.29, 0.717) is 11.1 Å². The molecular formula is C50H21F15N4. The summed E-state index contributed by atoms with van der Waals surface area (Å²) in [7, 11) is 0. The molecule has 0 radical (unpaired) electrons. The van der Waals surface area contributed by atoms with Crippen LogP contribution in [0, 0.1) is 87.3 Å². The third-order valence-electron chi connectivity index (χ3n) is 11.9. The molecule has 10 rings (SSSR count). The van der Waals surface area contributed by atoms with E-state index in [0.717, 1.165) is 36.5 Å². The van der Waals surface area contributed by atoms with Crippen LogP contribution in [0.3, 0.4) is 0 Å². The third-order valence-corrected chi connectivity index (χ3v) is 11.9. The van der Waals surface area contributed by atoms with Crippen LogP contribution in [0.2, 0.25) is 0 Å². The first-order chi connectivity index (χ1) is 33.0. The molecule has 0 saturated heterocycles. The smallest absolute Gasteiger partial charge is 0.200 e. The van der Waals surface area contributed by atoms with E-state index in [-0.39, 0.29) is 17.0 Å². The van der Waals surface area contributed by atoms with Gasteiger partial charge in [0.05, 0.1) is 28.1 Å². The van der Waals surface area contributed by atoms with Gasteiger partial charge in [-0.15, -0.1) is 0 Å². The average Bonchev–Trinajstić information content (AvgIpc) is 4.22. The van der Waals surface area contributed by atoms with Crippen molar-refractivity contribution < 1.29 is 65.9 Å². The largest absolute Gasteiger partial charge is 0.363 e. The van der Waals surface area contributed by atoms with E-state index in [1.807, 2.05) is 0 Å². The monoisotopic (exact) mass is 962 g/mol. The number of aliphatic imine (C=N–C) groups is 1. The quantitative estimate of drug-likeness (QED) is 0.0875. The highest BCUT2D eigenvalue weighted by molar-refractivity contribution is 6.30. The molecule has 8 aromatic rings. The number of nitrogens with one attached hydrogen (secondary N) is 3. The number of aromatic amines is 3. The van der Waals surface area contributed by atoms with E-state index in [9.17, 15) is 13.2 Å². The Bertz CT molecular complexity index is 3610. The van der Waals surface area contributed by atoms with Gasteiger partial charge >= 0.3 is 0 Å². The SMILES string of the molecule is Fc1c(F)c(F)c(/C2=C3\C=CC(=N3)/C(c3c(F)c(F)c(F)c(F)c3F)=c3/cc/c([nH]3)=C(\c3c(F)c(F)c(F)c(F)c3F)c3c[nH]c(c3)C(c3ccccc3)(c3ccccc3)c3ccc2[nH]3)c(F)c1F. The molecule has 4 nitrogen and oxygen atoms in total. The molecule has 3 N–H and O–H groups in total. The Kier molecular flexibility index (Phi) is 10.5. The van der Waals surface area contributed by atoms with E-state index in [4.69, 9.17) is 0 Å². The van der Waals surface area contributed by atoms with Gasteiger partial charge in [-0.1, -0.05) is 60.7 Å². The van der Waals surface area contributed by atoms with Gasteiger partial charge < -0.3 is 15.0 Å². The third kappa shape index (κ3) is 6.46. The number of allylic oxidation sites excluding steroid dienone is 2. The Hall–Kier alpha value is -8.22. The van der Waals surface area contributed by atoms with E-state index in [1.165, 1.54) is 12.1 Å². The standard InChI is InChI=1S/C50H21F15N4/c51-35-32(36(52)42(58)47(63)41(35)57)29-19-17-28(66-18-19)50(20-7-3-1-4-8-20,21-9-5-2-6-10-21)27-16-15-26(69-27)31(34-39(55)45(61)49(65)46(62)40(34)56)25-14-13-24(68-25)30(23-12-11-22(29)67-23)33-37(53)43(59)48(64)44(60)38(33)54/h1-18,66-67,69H/b29-22+,30-23+,31-25+. The number of hydrogen-bond donors (Lipinski definition) is 3. The summed E-state index contributed by atoms with van der Waals surface area (Å²) in [6, 6.07) is 21.7. The Labute approximate surface area is 376 Å². The van der Waals surface area contributed by atoms with Crippen LogP contribution in [0.15, 0.2) is 120 Å². The van der Waals surface area contributed by atoms with Gasteiger partial charge in [0, 0.05) is 56.3 Å². The number of H-pyrrole nitrogens is 3. The van der Waals surface area contributed by atoms with Crippen molar-refractivity contribution in [3.63, 3.8) is 0 Å². The van der Waals surface area contributed by atoms with Crippen LogP contribution in [0.25, 0.3) is 16.7 Å². The van der Waals surface area contributed by atoms with Crippen molar-refractivity contribution in [2.75, 3.05) is 0 Å². The number of benzene rings is 5. The first kappa shape index (κ1) is 44.6. The Morgan fingerprint density at radius 3 is 1.28 bits per heavy atom. The molecular weight excluding hydrogens is 942 g/mol. The van der Waals surface area contributed by atoms with Crippen LogP contribution in [0.4, 0.5) is 65.9 Å². The number of hydrogen-bond acceptors (Lipinski definition) is 1. The van der Waals surface area contributed by atoms with Crippen LogP contribution in [-0.2, 0) is 5.41 Å². The molecule has 0 saturated carbocycles. The van der Waals surface area contributed by atoms with Gasteiger partial charge in [-0.2, -0.15) is 0 Å². The second-order valence-corrected chi connectivity index (χ2v) is 15.5. The minimum Gasteiger partial charge on any atom is -0.363 e. The molecule has 2 aliphatic rings. The fourth-order valence-electron chi connectivity index (χ4n) is 8.86. The number of aromatic nitrogens is 3. The summed E-state index contributed by atoms with van der Waals surface area (Å²) in [4.78, 5) is 12.7. The lowest BCUT2D eigenvalue weighted by Gasteiger charge is -2.34. The predicted octanol–water partition coefficient (Wildman–Crippen LogP) is 11.4.